The van der Waals surface area contributed by atoms with Crippen molar-refractivity contribution < 1.29 is 23.4 Å². The Labute approximate surface area is 113 Å². The molecule has 0 unspecified atom stereocenters. The summed E-state index contributed by atoms with van der Waals surface area (Å²) in [6.07, 6.45) is -1.76. The maximum absolute atomic E-state index is 11.7. The highest BCUT2D eigenvalue weighted by Crippen LogP contribution is 2.14. The van der Waals surface area contributed by atoms with E-state index in [-0.39, 0.29) is 17.9 Å². The van der Waals surface area contributed by atoms with Crippen LogP contribution in [0.4, 0.5) is 0 Å². The second-order valence-electron chi connectivity index (χ2n) is 3.49. The SMILES string of the molecule is O=C(O)[C@@H](O)CCNS(=O)(=O)c1ccc(Br)cc1. The first-order valence-corrected chi connectivity index (χ1v) is 7.26. The fraction of sp³-hybridized carbons (Fsp3) is 0.300. The van der Waals surface area contributed by atoms with Crippen molar-refractivity contribution in [3.05, 3.63) is 28.7 Å². The lowest BCUT2D eigenvalue weighted by Crippen LogP contribution is -2.30. The molecule has 18 heavy (non-hydrogen) atoms. The molecule has 1 aromatic rings. The standard InChI is InChI=1S/C10H12BrNO5S/c11-7-1-3-8(4-2-7)18(16,17)12-6-5-9(13)10(14)15/h1-4,9,12-13H,5-6H2,(H,14,15)/t9-/m0/s1. The Morgan fingerprint density at radius 1 is 1.33 bits per heavy atom. The molecular weight excluding hydrogens is 326 g/mol. The number of rotatable bonds is 6. The lowest BCUT2D eigenvalue weighted by atomic mass is 10.3. The van der Waals surface area contributed by atoms with Crippen LogP contribution in [0.3, 0.4) is 0 Å². The van der Waals surface area contributed by atoms with Crippen LogP contribution in [0.5, 0.6) is 0 Å². The van der Waals surface area contributed by atoms with Gasteiger partial charge in [-0.25, -0.2) is 17.9 Å². The number of hydrogen-bond acceptors (Lipinski definition) is 4. The van der Waals surface area contributed by atoms with E-state index in [2.05, 4.69) is 20.7 Å². The fourth-order valence-corrected chi connectivity index (χ4v) is 2.46. The largest absolute Gasteiger partial charge is 0.479 e. The minimum atomic E-state index is -3.67. The number of halogens is 1. The third-order valence-electron chi connectivity index (χ3n) is 2.12. The van der Waals surface area contributed by atoms with Crippen molar-refractivity contribution in [3.8, 4) is 0 Å². The van der Waals surface area contributed by atoms with Crippen molar-refractivity contribution in [1.29, 1.82) is 0 Å². The number of aliphatic hydroxyl groups is 1. The first-order chi connectivity index (χ1) is 8.33. The third kappa shape index (κ3) is 4.37. The summed E-state index contributed by atoms with van der Waals surface area (Å²) in [4.78, 5) is 10.4. The average Bonchev–Trinajstić information content (AvgIpc) is 2.29. The topological polar surface area (TPSA) is 104 Å². The Bertz CT molecular complexity index is 514. The summed E-state index contributed by atoms with van der Waals surface area (Å²) in [7, 11) is -3.67. The van der Waals surface area contributed by atoms with Gasteiger partial charge in [0.05, 0.1) is 4.90 Å². The molecule has 0 aromatic heterocycles. The monoisotopic (exact) mass is 337 g/mol. The number of nitrogens with one attached hydrogen (secondary N) is 1. The highest BCUT2D eigenvalue weighted by molar-refractivity contribution is 9.10. The van der Waals surface area contributed by atoms with Crippen molar-refractivity contribution >= 4 is 31.9 Å². The molecule has 0 bridgehead atoms. The summed E-state index contributed by atoms with van der Waals surface area (Å²) >= 11 is 3.19. The molecule has 1 aromatic carbocycles. The van der Waals surface area contributed by atoms with Crippen molar-refractivity contribution in [3.63, 3.8) is 0 Å². The summed E-state index contributed by atoms with van der Waals surface area (Å²) in [5.41, 5.74) is 0. The molecule has 0 radical (unpaired) electrons. The molecule has 8 heteroatoms. The number of sulfonamides is 1. The molecule has 0 aliphatic carbocycles. The summed E-state index contributed by atoms with van der Waals surface area (Å²) in [5.74, 6) is -1.38. The van der Waals surface area contributed by atoms with Gasteiger partial charge in [-0.1, -0.05) is 15.9 Å². The van der Waals surface area contributed by atoms with Gasteiger partial charge < -0.3 is 10.2 Å². The van der Waals surface area contributed by atoms with Gasteiger partial charge in [0.25, 0.3) is 0 Å². The number of carbonyl (C=O) groups is 1. The second kappa shape index (κ2) is 6.28. The predicted molar refractivity (Wildman–Crippen MR) is 67.6 cm³/mol. The molecule has 100 valence electrons. The summed E-state index contributed by atoms with van der Waals surface area (Å²) in [5, 5.41) is 17.4. The van der Waals surface area contributed by atoms with E-state index in [1.54, 1.807) is 12.1 Å². The van der Waals surface area contributed by atoms with E-state index in [0.717, 1.165) is 4.47 Å². The number of carboxylic acid groups (broad SMARTS) is 1. The van der Waals surface area contributed by atoms with Crippen LogP contribution in [-0.2, 0) is 14.8 Å². The average molecular weight is 338 g/mol. The Morgan fingerprint density at radius 3 is 2.39 bits per heavy atom. The quantitative estimate of drug-likeness (QED) is 0.703. The smallest absolute Gasteiger partial charge is 0.332 e. The minimum Gasteiger partial charge on any atom is -0.479 e. The zero-order valence-electron chi connectivity index (χ0n) is 9.21. The van der Waals surface area contributed by atoms with E-state index in [1.165, 1.54) is 12.1 Å². The molecule has 0 spiro atoms. The number of aliphatic hydroxyl groups excluding tert-OH is 1. The molecule has 0 saturated heterocycles. The zero-order valence-corrected chi connectivity index (χ0v) is 11.6. The van der Waals surface area contributed by atoms with Crippen LogP contribution in [-0.4, -0.2) is 37.2 Å². The molecule has 0 amide bonds. The van der Waals surface area contributed by atoms with Gasteiger partial charge in [0.2, 0.25) is 10.0 Å². The number of benzene rings is 1. The highest BCUT2D eigenvalue weighted by Gasteiger charge is 2.16. The highest BCUT2D eigenvalue weighted by atomic mass is 79.9. The van der Waals surface area contributed by atoms with Crippen LogP contribution in [0.25, 0.3) is 0 Å². The number of carboxylic acids is 1. The molecular formula is C10H12BrNO5S. The van der Waals surface area contributed by atoms with Gasteiger partial charge >= 0.3 is 5.97 Å². The molecule has 1 rings (SSSR count). The Balaban J connectivity index is 2.60. The molecule has 0 aliphatic rings. The van der Waals surface area contributed by atoms with Crippen molar-refractivity contribution in [1.82, 2.24) is 4.72 Å². The first kappa shape index (κ1) is 15.1. The van der Waals surface area contributed by atoms with E-state index in [1.807, 2.05) is 0 Å². The lowest BCUT2D eigenvalue weighted by molar-refractivity contribution is -0.146. The molecule has 0 aliphatic heterocycles. The number of aliphatic carboxylic acids is 1. The van der Waals surface area contributed by atoms with E-state index in [9.17, 15) is 13.2 Å². The molecule has 0 saturated carbocycles. The van der Waals surface area contributed by atoms with Gasteiger partial charge in [0.1, 0.15) is 0 Å². The van der Waals surface area contributed by atoms with Crippen LogP contribution in [0.1, 0.15) is 6.42 Å². The zero-order chi connectivity index (χ0) is 13.8. The van der Waals surface area contributed by atoms with Crippen LogP contribution < -0.4 is 4.72 Å². The van der Waals surface area contributed by atoms with E-state index < -0.39 is 22.1 Å². The summed E-state index contributed by atoms with van der Waals surface area (Å²) in [6.45, 7) is -0.147. The molecule has 0 fully saturated rings. The van der Waals surface area contributed by atoms with Crippen LogP contribution in [0, 0.1) is 0 Å². The van der Waals surface area contributed by atoms with Gasteiger partial charge in [0.15, 0.2) is 6.10 Å². The van der Waals surface area contributed by atoms with Crippen LogP contribution in [0.2, 0.25) is 0 Å². The summed E-state index contributed by atoms with van der Waals surface area (Å²) in [6, 6.07) is 6.00. The molecule has 6 nitrogen and oxygen atoms in total. The normalized spacial score (nSPS) is 13.2. The van der Waals surface area contributed by atoms with Crippen LogP contribution >= 0.6 is 15.9 Å². The van der Waals surface area contributed by atoms with Crippen molar-refractivity contribution in [2.45, 2.75) is 17.4 Å². The van der Waals surface area contributed by atoms with Gasteiger partial charge in [-0.15, -0.1) is 0 Å². The first-order valence-electron chi connectivity index (χ1n) is 4.99. The maximum Gasteiger partial charge on any atom is 0.332 e. The van der Waals surface area contributed by atoms with Crippen LogP contribution in [0.15, 0.2) is 33.6 Å². The summed E-state index contributed by atoms with van der Waals surface area (Å²) < 4.78 is 26.4. The molecule has 0 heterocycles. The van der Waals surface area contributed by atoms with Gasteiger partial charge in [-0.3, -0.25) is 0 Å². The minimum absolute atomic E-state index is 0.0792. The van der Waals surface area contributed by atoms with E-state index >= 15 is 0 Å². The Morgan fingerprint density at radius 2 is 1.89 bits per heavy atom. The molecule has 3 N–H and O–H groups in total. The van der Waals surface area contributed by atoms with Crippen molar-refractivity contribution in [2.24, 2.45) is 0 Å². The predicted octanol–water partition coefficient (Wildman–Crippen LogP) is 0.563. The second-order valence-corrected chi connectivity index (χ2v) is 6.18. The van der Waals surface area contributed by atoms with Gasteiger partial charge in [-0.2, -0.15) is 0 Å². The van der Waals surface area contributed by atoms with Gasteiger partial charge in [0, 0.05) is 11.0 Å². The third-order valence-corrected chi connectivity index (χ3v) is 4.12. The number of hydrogen-bond donors (Lipinski definition) is 3. The molecule has 1 atom stereocenters. The van der Waals surface area contributed by atoms with Crippen molar-refractivity contribution in [2.75, 3.05) is 6.54 Å². The van der Waals surface area contributed by atoms with Gasteiger partial charge in [-0.05, 0) is 30.7 Å². The van der Waals surface area contributed by atoms with E-state index in [0.29, 0.717) is 0 Å². The maximum atomic E-state index is 11.7. The lowest BCUT2D eigenvalue weighted by Gasteiger charge is -2.08. The Kier molecular flexibility index (Phi) is 5.27. The Hall–Kier alpha value is -0.960. The fourth-order valence-electron chi connectivity index (χ4n) is 1.15. The van der Waals surface area contributed by atoms with E-state index in [4.69, 9.17) is 10.2 Å².